The summed E-state index contributed by atoms with van der Waals surface area (Å²) in [5.41, 5.74) is 2.16. The lowest BCUT2D eigenvalue weighted by Gasteiger charge is -2.15. The first-order valence-corrected chi connectivity index (χ1v) is 8.80. The lowest BCUT2D eigenvalue weighted by Crippen LogP contribution is -2.12. The third kappa shape index (κ3) is 4.71. The first kappa shape index (κ1) is 19.5. The van der Waals surface area contributed by atoms with E-state index < -0.39 is 11.7 Å². The van der Waals surface area contributed by atoms with Crippen molar-refractivity contribution in [2.24, 2.45) is 0 Å². The van der Waals surface area contributed by atoms with Crippen molar-refractivity contribution in [2.45, 2.75) is 19.5 Å². The van der Waals surface area contributed by atoms with Crippen LogP contribution < -0.4 is 10.6 Å². The predicted molar refractivity (Wildman–Crippen MR) is 105 cm³/mol. The monoisotopic (exact) mass is 384 g/mol. The van der Waals surface area contributed by atoms with Crippen molar-refractivity contribution in [1.82, 2.24) is 0 Å². The van der Waals surface area contributed by atoms with Crippen molar-refractivity contribution in [2.75, 3.05) is 10.6 Å². The molecule has 0 aromatic heterocycles. The molecule has 0 bridgehead atoms. The first-order valence-electron chi connectivity index (χ1n) is 8.80. The zero-order valence-electron chi connectivity index (χ0n) is 15.2. The molecule has 1 amide bonds. The smallest absolute Gasteiger partial charge is 0.355 e. The number of anilines is 3. The van der Waals surface area contributed by atoms with Crippen molar-refractivity contribution in [1.29, 1.82) is 0 Å². The molecule has 0 unspecified atom stereocenters. The van der Waals surface area contributed by atoms with E-state index in [9.17, 15) is 18.0 Å². The zero-order chi connectivity index (χ0) is 20.1. The van der Waals surface area contributed by atoms with Gasteiger partial charge in [0.1, 0.15) is 0 Å². The number of hydrogen-bond acceptors (Lipinski definition) is 2. The van der Waals surface area contributed by atoms with E-state index in [1.54, 1.807) is 36.4 Å². The average molecular weight is 384 g/mol. The Morgan fingerprint density at radius 1 is 0.893 bits per heavy atom. The number of benzene rings is 3. The maximum atomic E-state index is 12.9. The van der Waals surface area contributed by atoms with Gasteiger partial charge in [-0.3, -0.25) is 4.79 Å². The minimum absolute atomic E-state index is 0.291. The van der Waals surface area contributed by atoms with E-state index in [1.165, 1.54) is 6.07 Å². The fraction of sp³-hybridized carbons (Fsp3) is 0.136. The maximum absolute atomic E-state index is 12.9. The minimum Gasteiger partial charge on any atom is -0.355 e. The molecule has 0 aliphatic carbocycles. The van der Waals surface area contributed by atoms with E-state index in [4.69, 9.17) is 0 Å². The van der Waals surface area contributed by atoms with Crippen molar-refractivity contribution in [3.05, 3.63) is 89.5 Å². The second-order valence-corrected chi connectivity index (χ2v) is 6.25. The maximum Gasteiger partial charge on any atom is 0.416 e. The number of aryl methyl sites for hydroxylation is 1. The largest absolute Gasteiger partial charge is 0.416 e. The molecule has 0 radical (unpaired) electrons. The topological polar surface area (TPSA) is 41.1 Å². The third-order valence-corrected chi connectivity index (χ3v) is 4.25. The zero-order valence-corrected chi connectivity index (χ0v) is 15.2. The van der Waals surface area contributed by atoms with Gasteiger partial charge in [0, 0.05) is 22.6 Å². The van der Waals surface area contributed by atoms with Crippen molar-refractivity contribution in [3.63, 3.8) is 0 Å². The van der Waals surface area contributed by atoms with Gasteiger partial charge in [0.2, 0.25) is 0 Å². The number of nitrogens with one attached hydrogen (secondary N) is 2. The summed E-state index contributed by atoms with van der Waals surface area (Å²) in [7, 11) is 0. The molecule has 6 heteroatoms. The summed E-state index contributed by atoms with van der Waals surface area (Å²) in [5, 5.41) is 5.82. The third-order valence-electron chi connectivity index (χ3n) is 4.25. The van der Waals surface area contributed by atoms with Gasteiger partial charge in [-0.1, -0.05) is 37.3 Å². The van der Waals surface area contributed by atoms with Crippen LogP contribution in [0.15, 0.2) is 72.8 Å². The average Bonchev–Trinajstić information content (AvgIpc) is 2.68. The summed E-state index contributed by atoms with van der Waals surface area (Å²) in [5.74, 6) is -0.291. The molecular formula is C22H19F3N2O. The van der Waals surface area contributed by atoms with E-state index in [2.05, 4.69) is 10.6 Å². The summed E-state index contributed by atoms with van der Waals surface area (Å²) in [4.78, 5) is 12.5. The Hall–Kier alpha value is -3.28. The highest BCUT2D eigenvalue weighted by atomic mass is 19.4. The molecule has 3 nitrogen and oxygen atoms in total. The first-order chi connectivity index (χ1) is 13.4. The molecule has 2 N–H and O–H groups in total. The normalized spacial score (nSPS) is 11.1. The van der Waals surface area contributed by atoms with Gasteiger partial charge in [0.25, 0.3) is 5.91 Å². The van der Waals surface area contributed by atoms with E-state index in [0.29, 0.717) is 29.0 Å². The summed E-state index contributed by atoms with van der Waals surface area (Å²) >= 11 is 0. The molecule has 3 rings (SSSR count). The van der Waals surface area contributed by atoms with Crippen LogP contribution in [-0.2, 0) is 12.6 Å². The highest BCUT2D eigenvalue weighted by molar-refractivity contribution is 6.05. The van der Waals surface area contributed by atoms with Crippen LogP contribution in [-0.4, -0.2) is 5.91 Å². The second kappa shape index (κ2) is 8.17. The lowest BCUT2D eigenvalue weighted by molar-refractivity contribution is -0.137. The molecule has 0 aliphatic rings. The minimum atomic E-state index is -4.41. The standard InChI is InChI=1S/C22H19F3N2O/c1-2-15-11-12-16(21(28)27-18-8-4-3-5-9-18)13-20(15)26-19-10-6-7-17(14-19)22(23,24)25/h3-14,26H,2H2,1H3,(H,27,28). The highest BCUT2D eigenvalue weighted by Gasteiger charge is 2.30. The van der Waals surface area contributed by atoms with Crippen LogP contribution in [0.25, 0.3) is 0 Å². The molecule has 3 aromatic carbocycles. The van der Waals surface area contributed by atoms with Crippen LogP contribution in [0.4, 0.5) is 30.2 Å². The van der Waals surface area contributed by atoms with Gasteiger partial charge < -0.3 is 10.6 Å². The van der Waals surface area contributed by atoms with Crippen LogP contribution >= 0.6 is 0 Å². The molecule has 0 atom stereocenters. The van der Waals surface area contributed by atoms with Gasteiger partial charge in [-0.15, -0.1) is 0 Å². The van der Waals surface area contributed by atoms with Gasteiger partial charge in [-0.25, -0.2) is 0 Å². The molecule has 144 valence electrons. The van der Waals surface area contributed by atoms with Crippen LogP contribution in [0, 0.1) is 0 Å². The fourth-order valence-corrected chi connectivity index (χ4v) is 2.80. The summed E-state index contributed by atoms with van der Waals surface area (Å²) in [6.07, 6.45) is -3.75. The Labute approximate surface area is 161 Å². The molecule has 0 fully saturated rings. The number of hydrogen-bond donors (Lipinski definition) is 2. The molecule has 28 heavy (non-hydrogen) atoms. The van der Waals surface area contributed by atoms with Crippen molar-refractivity contribution < 1.29 is 18.0 Å². The predicted octanol–water partition coefficient (Wildman–Crippen LogP) is 6.26. The molecule has 0 saturated heterocycles. The Morgan fingerprint density at radius 3 is 2.29 bits per heavy atom. The Bertz CT molecular complexity index is 969. The molecular weight excluding hydrogens is 365 g/mol. The van der Waals surface area contributed by atoms with Gasteiger partial charge in [0.05, 0.1) is 5.56 Å². The summed E-state index contributed by atoms with van der Waals surface area (Å²) < 4.78 is 38.8. The van der Waals surface area contributed by atoms with E-state index >= 15 is 0 Å². The Kier molecular flexibility index (Phi) is 5.68. The van der Waals surface area contributed by atoms with E-state index in [0.717, 1.165) is 17.7 Å². The SMILES string of the molecule is CCc1ccc(C(=O)Nc2ccccc2)cc1Nc1cccc(C(F)(F)F)c1. The van der Waals surface area contributed by atoms with Crippen LogP contribution in [0.1, 0.15) is 28.4 Å². The summed E-state index contributed by atoms with van der Waals surface area (Å²) in [6, 6.07) is 19.2. The van der Waals surface area contributed by atoms with Crippen molar-refractivity contribution in [3.8, 4) is 0 Å². The van der Waals surface area contributed by atoms with Crippen LogP contribution in [0.2, 0.25) is 0 Å². The highest BCUT2D eigenvalue weighted by Crippen LogP contribution is 2.32. The van der Waals surface area contributed by atoms with Crippen LogP contribution in [0.3, 0.4) is 0 Å². The lowest BCUT2D eigenvalue weighted by atomic mass is 10.1. The van der Waals surface area contributed by atoms with Crippen LogP contribution in [0.5, 0.6) is 0 Å². The van der Waals surface area contributed by atoms with Gasteiger partial charge >= 0.3 is 6.18 Å². The number of halogens is 3. The molecule has 0 spiro atoms. The number of amides is 1. The van der Waals surface area contributed by atoms with E-state index in [-0.39, 0.29) is 5.91 Å². The summed E-state index contributed by atoms with van der Waals surface area (Å²) in [6.45, 7) is 1.94. The van der Waals surface area contributed by atoms with Gasteiger partial charge in [-0.2, -0.15) is 13.2 Å². The number of alkyl halides is 3. The number of carbonyl (C=O) groups excluding carboxylic acids is 1. The van der Waals surface area contributed by atoms with E-state index in [1.807, 2.05) is 25.1 Å². The molecule has 0 aliphatic heterocycles. The molecule has 0 saturated carbocycles. The van der Waals surface area contributed by atoms with Crippen molar-refractivity contribution >= 4 is 23.0 Å². The number of carbonyl (C=O) groups is 1. The number of rotatable bonds is 5. The van der Waals surface area contributed by atoms with Gasteiger partial charge in [0.15, 0.2) is 0 Å². The fourth-order valence-electron chi connectivity index (χ4n) is 2.80. The molecule has 0 heterocycles. The second-order valence-electron chi connectivity index (χ2n) is 6.25. The number of para-hydroxylation sites is 1. The quantitative estimate of drug-likeness (QED) is 0.545. The Morgan fingerprint density at radius 2 is 1.61 bits per heavy atom. The Balaban J connectivity index is 1.86. The molecule has 3 aromatic rings. The van der Waals surface area contributed by atoms with Gasteiger partial charge in [-0.05, 0) is 54.4 Å².